The predicted octanol–water partition coefficient (Wildman–Crippen LogP) is 3.06. The average molecular weight is 438 g/mol. The third-order valence-corrected chi connectivity index (χ3v) is 5.30. The first-order valence-corrected chi connectivity index (χ1v) is 10.3. The van der Waals surface area contributed by atoms with Crippen molar-refractivity contribution in [1.29, 1.82) is 0 Å². The number of hydrogen-bond donors (Lipinski definition) is 2. The maximum absolute atomic E-state index is 13.2. The van der Waals surface area contributed by atoms with E-state index in [0.717, 1.165) is 23.1 Å². The molecular weight excluding hydrogens is 424 g/mol. The molecule has 0 saturated heterocycles. The second-order valence-corrected chi connectivity index (χ2v) is 7.87. The van der Waals surface area contributed by atoms with Crippen molar-refractivity contribution in [3.8, 4) is 0 Å². The van der Waals surface area contributed by atoms with Crippen LogP contribution in [0.1, 0.15) is 21.7 Å². The maximum atomic E-state index is 13.2. The Bertz CT molecular complexity index is 1340. The number of nitrogens with zero attached hydrogens (tertiary/aromatic N) is 2. The quantitative estimate of drug-likeness (QED) is 0.461. The number of anilines is 1. The molecule has 156 valence electrons. The Kier molecular flexibility index (Phi) is 5.01. The molecule has 3 aromatic rings. The highest BCUT2D eigenvalue weighted by Gasteiger charge is 2.35. The van der Waals surface area contributed by atoms with E-state index in [1.54, 1.807) is 42.5 Å². The zero-order valence-electron chi connectivity index (χ0n) is 15.7. The third-order valence-electron chi connectivity index (χ3n) is 4.45. The number of amides is 1. The Balaban J connectivity index is 1.95. The van der Waals surface area contributed by atoms with Crippen LogP contribution in [0.5, 0.6) is 0 Å². The van der Waals surface area contributed by atoms with E-state index in [4.69, 9.17) is 4.42 Å². The van der Waals surface area contributed by atoms with Gasteiger partial charge in [0.1, 0.15) is 17.3 Å². The van der Waals surface area contributed by atoms with E-state index < -0.39 is 26.9 Å². The van der Waals surface area contributed by atoms with Crippen molar-refractivity contribution in [3.05, 3.63) is 89.5 Å². The highest BCUT2D eigenvalue weighted by Crippen LogP contribution is 2.32. The van der Waals surface area contributed by atoms with Gasteiger partial charge in [0.05, 0.1) is 22.4 Å². The summed E-state index contributed by atoms with van der Waals surface area (Å²) >= 11 is 0. The van der Waals surface area contributed by atoms with E-state index in [0.29, 0.717) is 11.3 Å². The number of hydrogen-bond acceptors (Lipinski definition) is 6. The van der Waals surface area contributed by atoms with E-state index >= 15 is 0 Å². The molecule has 1 amide bonds. The number of benzene rings is 2. The van der Waals surface area contributed by atoms with Crippen LogP contribution in [0.4, 0.5) is 5.69 Å². The number of carbonyl (C=O) groups is 2. The standard InChI is InChI=1S/C21H14N2O7S/c24-20-17(11-14-7-4-10-30-14)22-19(13-5-2-1-3-6-13)23(20)18-12-15(31(27,28)29)8-9-16(18)21(25)26/h1-12H,(H,25,26)(H,27,28,29). The summed E-state index contributed by atoms with van der Waals surface area (Å²) in [5.74, 6) is -1.63. The van der Waals surface area contributed by atoms with Gasteiger partial charge in [-0.1, -0.05) is 30.3 Å². The van der Waals surface area contributed by atoms with Crippen molar-refractivity contribution in [1.82, 2.24) is 0 Å². The van der Waals surface area contributed by atoms with Crippen LogP contribution >= 0.6 is 0 Å². The number of aromatic carboxylic acids is 1. The van der Waals surface area contributed by atoms with E-state index in [2.05, 4.69) is 4.99 Å². The minimum absolute atomic E-state index is 0.0394. The lowest BCUT2D eigenvalue weighted by Crippen LogP contribution is -2.34. The van der Waals surface area contributed by atoms with Gasteiger partial charge in [0, 0.05) is 11.6 Å². The summed E-state index contributed by atoms with van der Waals surface area (Å²) in [6.07, 6.45) is 2.81. The first kappa shape index (κ1) is 20.3. The molecule has 2 heterocycles. The van der Waals surface area contributed by atoms with Crippen molar-refractivity contribution in [2.75, 3.05) is 4.90 Å². The molecule has 2 N–H and O–H groups in total. The van der Waals surface area contributed by atoms with E-state index in [9.17, 15) is 27.7 Å². The maximum Gasteiger partial charge on any atom is 0.337 e. The Morgan fingerprint density at radius 2 is 1.81 bits per heavy atom. The lowest BCUT2D eigenvalue weighted by molar-refractivity contribution is -0.113. The summed E-state index contributed by atoms with van der Waals surface area (Å²) in [5, 5.41) is 9.62. The molecule has 1 aromatic heterocycles. The van der Waals surface area contributed by atoms with Gasteiger partial charge in [0.15, 0.2) is 0 Å². The smallest absolute Gasteiger partial charge is 0.337 e. The fourth-order valence-corrected chi connectivity index (χ4v) is 3.57. The van der Waals surface area contributed by atoms with Gasteiger partial charge in [-0.05, 0) is 30.3 Å². The average Bonchev–Trinajstić information content (AvgIpc) is 3.36. The molecule has 1 aliphatic rings. The van der Waals surface area contributed by atoms with Crippen LogP contribution < -0.4 is 4.90 Å². The first-order valence-electron chi connectivity index (χ1n) is 8.84. The topological polar surface area (TPSA) is 137 Å². The van der Waals surface area contributed by atoms with Crippen LogP contribution in [-0.2, 0) is 14.9 Å². The number of aliphatic imine (C=N–C) groups is 1. The van der Waals surface area contributed by atoms with Crippen molar-refractivity contribution in [2.45, 2.75) is 4.90 Å². The lowest BCUT2D eigenvalue weighted by atomic mass is 10.1. The fourth-order valence-electron chi connectivity index (χ4n) is 3.07. The van der Waals surface area contributed by atoms with Gasteiger partial charge in [-0.15, -0.1) is 0 Å². The van der Waals surface area contributed by atoms with Crippen molar-refractivity contribution >= 4 is 39.6 Å². The first-order chi connectivity index (χ1) is 14.8. The molecule has 0 atom stereocenters. The van der Waals surface area contributed by atoms with Gasteiger partial charge in [-0.2, -0.15) is 8.42 Å². The predicted molar refractivity (Wildman–Crippen MR) is 110 cm³/mol. The molecule has 0 unspecified atom stereocenters. The number of rotatable bonds is 5. The second-order valence-electron chi connectivity index (χ2n) is 6.45. The number of carbonyl (C=O) groups excluding carboxylic acids is 1. The summed E-state index contributed by atoms with van der Waals surface area (Å²) in [6.45, 7) is 0. The molecule has 2 aromatic carbocycles. The molecule has 0 aliphatic carbocycles. The van der Waals surface area contributed by atoms with Crippen LogP contribution in [0.2, 0.25) is 0 Å². The monoisotopic (exact) mass is 438 g/mol. The number of carboxylic acids is 1. The SMILES string of the molecule is O=C(O)c1ccc(S(=O)(=O)O)cc1N1C(=O)C(=Cc2ccco2)N=C1c1ccccc1. The number of carboxylic acid groups (broad SMARTS) is 1. The number of furan rings is 1. The van der Waals surface area contributed by atoms with E-state index in [1.165, 1.54) is 12.3 Å². The molecule has 4 rings (SSSR count). The molecule has 31 heavy (non-hydrogen) atoms. The normalized spacial score (nSPS) is 15.4. The Hall–Kier alpha value is -4.02. The van der Waals surface area contributed by atoms with E-state index in [1.807, 2.05) is 0 Å². The summed E-state index contributed by atoms with van der Waals surface area (Å²) in [7, 11) is -4.65. The van der Waals surface area contributed by atoms with Crippen molar-refractivity contribution in [2.24, 2.45) is 4.99 Å². The van der Waals surface area contributed by atoms with E-state index in [-0.39, 0.29) is 22.8 Å². The van der Waals surface area contributed by atoms with Gasteiger partial charge in [0.2, 0.25) is 0 Å². The minimum Gasteiger partial charge on any atom is -0.478 e. The van der Waals surface area contributed by atoms with Crippen LogP contribution in [-0.4, -0.2) is 35.8 Å². The highest BCUT2D eigenvalue weighted by molar-refractivity contribution is 7.85. The van der Waals surface area contributed by atoms with Gasteiger partial charge < -0.3 is 9.52 Å². The van der Waals surface area contributed by atoms with Crippen LogP contribution in [0.25, 0.3) is 6.08 Å². The number of amidine groups is 1. The second kappa shape index (κ2) is 7.67. The molecule has 0 bridgehead atoms. The summed E-state index contributed by atoms with van der Waals surface area (Å²) in [4.78, 5) is 29.9. The highest BCUT2D eigenvalue weighted by atomic mass is 32.2. The van der Waals surface area contributed by atoms with Gasteiger partial charge >= 0.3 is 5.97 Å². The van der Waals surface area contributed by atoms with Gasteiger partial charge in [-0.3, -0.25) is 14.2 Å². The van der Waals surface area contributed by atoms with Crippen molar-refractivity contribution in [3.63, 3.8) is 0 Å². The summed E-state index contributed by atoms with van der Waals surface area (Å²) in [5.41, 5.74) is -0.142. The molecule has 10 heteroatoms. The third kappa shape index (κ3) is 3.89. The minimum atomic E-state index is -4.65. The van der Waals surface area contributed by atoms with Crippen LogP contribution in [0.15, 0.2) is 86.9 Å². The van der Waals surface area contributed by atoms with Gasteiger partial charge in [-0.25, -0.2) is 9.79 Å². The summed E-state index contributed by atoms with van der Waals surface area (Å²) in [6, 6.07) is 14.6. The van der Waals surface area contributed by atoms with Crippen LogP contribution in [0, 0.1) is 0 Å². The lowest BCUT2D eigenvalue weighted by Gasteiger charge is -2.21. The van der Waals surface area contributed by atoms with Crippen LogP contribution in [0.3, 0.4) is 0 Å². The largest absolute Gasteiger partial charge is 0.478 e. The molecule has 0 saturated carbocycles. The summed E-state index contributed by atoms with van der Waals surface area (Å²) < 4.78 is 37.9. The molecule has 9 nitrogen and oxygen atoms in total. The molecule has 0 fully saturated rings. The molecule has 1 aliphatic heterocycles. The Morgan fingerprint density at radius 1 is 1.06 bits per heavy atom. The zero-order valence-corrected chi connectivity index (χ0v) is 16.5. The Labute approximate surface area is 176 Å². The molecule has 0 spiro atoms. The Morgan fingerprint density at radius 3 is 2.42 bits per heavy atom. The zero-order chi connectivity index (χ0) is 22.2. The molecule has 0 radical (unpaired) electrons. The van der Waals surface area contributed by atoms with Gasteiger partial charge in [0.25, 0.3) is 16.0 Å². The van der Waals surface area contributed by atoms with Crippen molar-refractivity contribution < 1.29 is 32.1 Å². The fraction of sp³-hybridized carbons (Fsp3) is 0. The molecular formula is C21H14N2O7S.